The van der Waals surface area contributed by atoms with Gasteiger partial charge in [-0.25, -0.2) is 0 Å². The van der Waals surface area contributed by atoms with E-state index >= 15 is 0 Å². The van der Waals surface area contributed by atoms with E-state index in [4.69, 9.17) is 14.2 Å². The van der Waals surface area contributed by atoms with Crippen LogP contribution in [0.1, 0.15) is 0 Å². The first kappa shape index (κ1) is 21.8. The Morgan fingerprint density at radius 1 is 1.00 bits per heavy atom. The van der Waals surface area contributed by atoms with Crippen molar-refractivity contribution in [3.63, 3.8) is 0 Å². The van der Waals surface area contributed by atoms with Crippen molar-refractivity contribution in [1.29, 1.82) is 0 Å². The first-order valence-corrected chi connectivity index (χ1v) is 11.7. The second-order valence-electron chi connectivity index (χ2n) is 7.40. The van der Waals surface area contributed by atoms with Gasteiger partial charge in [0.25, 0.3) is 0 Å². The second kappa shape index (κ2) is 9.88. The standard InChI is InChI=1S/C25H22N4O4S/c1-31-20-10-7-17(8-11-20)24-27-28-25(29(24)19-5-3-2-4-6-19)34-16-23(30)26-18-9-12-21-22(15-18)33-14-13-32-21/h2-12,15H,13-14,16H2,1H3,(H,26,30). The van der Waals surface area contributed by atoms with Gasteiger partial charge in [0.2, 0.25) is 5.91 Å². The fourth-order valence-corrected chi connectivity index (χ4v) is 4.30. The molecular weight excluding hydrogens is 452 g/mol. The van der Waals surface area contributed by atoms with Crippen LogP contribution in [0.4, 0.5) is 5.69 Å². The molecule has 0 bridgehead atoms. The minimum Gasteiger partial charge on any atom is -0.497 e. The number of para-hydroxylation sites is 1. The molecule has 1 aliphatic heterocycles. The Hall–Kier alpha value is -3.98. The fourth-order valence-electron chi connectivity index (χ4n) is 3.55. The largest absolute Gasteiger partial charge is 0.497 e. The first-order valence-electron chi connectivity index (χ1n) is 10.7. The molecule has 5 rings (SSSR count). The number of anilines is 1. The average Bonchev–Trinajstić information content (AvgIpc) is 3.32. The Kier molecular flexibility index (Phi) is 6.35. The highest BCUT2D eigenvalue weighted by atomic mass is 32.2. The van der Waals surface area contributed by atoms with Gasteiger partial charge in [-0.15, -0.1) is 10.2 Å². The van der Waals surface area contributed by atoms with Gasteiger partial charge in [0.05, 0.1) is 12.9 Å². The predicted molar refractivity (Wildman–Crippen MR) is 130 cm³/mol. The molecule has 0 radical (unpaired) electrons. The lowest BCUT2D eigenvalue weighted by atomic mass is 10.2. The lowest BCUT2D eigenvalue weighted by Crippen LogP contribution is -2.17. The van der Waals surface area contributed by atoms with Gasteiger partial charge in [-0.05, 0) is 48.5 Å². The summed E-state index contributed by atoms with van der Waals surface area (Å²) in [7, 11) is 1.63. The Morgan fingerprint density at radius 2 is 1.76 bits per heavy atom. The van der Waals surface area contributed by atoms with Gasteiger partial charge in [0.1, 0.15) is 19.0 Å². The van der Waals surface area contributed by atoms with Crippen LogP contribution in [0.15, 0.2) is 78.0 Å². The summed E-state index contributed by atoms with van der Waals surface area (Å²) >= 11 is 1.32. The molecule has 0 saturated heterocycles. The number of carbonyl (C=O) groups excluding carboxylic acids is 1. The quantitative estimate of drug-likeness (QED) is 0.396. The molecule has 3 aromatic carbocycles. The molecule has 0 spiro atoms. The first-order chi connectivity index (χ1) is 16.7. The molecule has 1 aliphatic rings. The summed E-state index contributed by atoms with van der Waals surface area (Å²) in [6, 6.07) is 22.8. The number of hydrogen-bond acceptors (Lipinski definition) is 7. The van der Waals surface area contributed by atoms with E-state index in [1.807, 2.05) is 59.2 Å². The van der Waals surface area contributed by atoms with Gasteiger partial charge in [-0.3, -0.25) is 9.36 Å². The van der Waals surface area contributed by atoms with Crippen LogP contribution in [0.25, 0.3) is 17.1 Å². The molecular formula is C25H22N4O4S. The molecule has 0 fully saturated rings. The molecule has 2 heterocycles. The van der Waals surface area contributed by atoms with Crippen molar-refractivity contribution < 1.29 is 19.0 Å². The van der Waals surface area contributed by atoms with Crippen LogP contribution in [0, 0.1) is 0 Å². The van der Waals surface area contributed by atoms with E-state index in [-0.39, 0.29) is 11.7 Å². The second-order valence-corrected chi connectivity index (χ2v) is 8.34. The molecule has 1 N–H and O–H groups in total. The van der Waals surface area contributed by atoms with Crippen LogP contribution in [0.3, 0.4) is 0 Å². The Bertz CT molecular complexity index is 1290. The van der Waals surface area contributed by atoms with Crippen LogP contribution >= 0.6 is 11.8 Å². The minimum atomic E-state index is -0.157. The summed E-state index contributed by atoms with van der Waals surface area (Å²) in [5, 5.41) is 12.3. The van der Waals surface area contributed by atoms with Gasteiger partial charge >= 0.3 is 0 Å². The topological polar surface area (TPSA) is 87.5 Å². The summed E-state index contributed by atoms with van der Waals surface area (Å²) in [6.45, 7) is 1.02. The zero-order valence-electron chi connectivity index (χ0n) is 18.4. The predicted octanol–water partition coefficient (Wildman–Crippen LogP) is 4.44. The number of nitrogens with one attached hydrogen (secondary N) is 1. The SMILES string of the molecule is COc1ccc(-c2nnc(SCC(=O)Nc3ccc4c(c3)OCCO4)n2-c2ccccc2)cc1. The molecule has 0 saturated carbocycles. The lowest BCUT2D eigenvalue weighted by molar-refractivity contribution is -0.113. The summed E-state index contributed by atoms with van der Waals surface area (Å²) in [6.07, 6.45) is 0. The molecule has 0 aliphatic carbocycles. The molecule has 9 heteroatoms. The van der Waals surface area contributed by atoms with Crippen molar-refractivity contribution in [1.82, 2.24) is 14.8 Å². The molecule has 4 aromatic rings. The van der Waals surface area contributed by atoms with E-state index in [0.29, 0.717) is 41.4 Å². The minimum absolute atomic E-state index is 0.157. The number of aromatic nitrogens is 3. The van der Waals surface area contributed by atoms with Crippen molar-refractivity contribution in [2.75, 3.05) is 31.4 Å². The van der Waals surface area contributed by atoms with Crippen LogP contribution in [-0.4, -0.2) is 46.7 Å². The summed E-state index contributed by atoms with van der Waals surface area (Å²) < 4.78 is 18.3. The molecule has 0 atom stereocenters. The highest BCUT2D eigenvalue weighted by Gasteiger charge is 2.18. The normalized spacial score (nSPS) is 12.3. The Morgan fingerprint density at radius 3 is 2.53 bits per heavy atom. The maximum Gasteiger partial charge on any atom is 0.234 e. The van der Waals surface area contributed by atoms with Crippen molar-refractivity contribution in [2.45, 2.75) is 5.16 Å². The number of hydrogen-bond donors (Lipinski definition) is 1. The Balaban J connectivity index is 1.35. The highest BCUT2D eigenvalue weighted by molar-refractivity contribution is 7.99. The van der Waals surface area contributed by atoms with Gasteiger partial charge in [-0.2, -0.15) is 0 Å². The number of amides is 1. The molecule has 8 nitrogen and oxygen atoms in total. The van der Waals surface area contributed by atoms with Crippen molar-refractivity contribution in [3.8, 4) is 34.3 Å². The van der Waals surface area contributed by atoms with E-state index in [2.05, 4.69) is 15.5 Å². The van der Waals surface area contributed by atoms with Gasteiger partial charge in [0, 0.05) is 23.0 Å². The fraction of sp³-hybridized carbons (Fsp3) is 0.160. The summed E-state index contributed by atoms with van der Waals surface area (Å²) in [5.74, 6) is 2.77. The van der Waals surface area contributed by atoms with E-state index < -0.39 is 0 Å². The number of thioether (sulfide) groups is 1. The van der Waals surface area contributed by atoms with Crippen LogP contribution < -0.4 is 19.5 Å². The van der Waals surface area contributed by atoms with E-state index in [9.17, 15) is 4.79 Å². The number of methoxy groups -OCH3 is 1. The smallest absolute Gasteiger partial charge is 0.234 e. The number of fused-ring (bicyclic) bond motifs is 1. The third-order valence-corrected chi connectivity index (χ3v) is 6.08. The van der Waals surface area contributed by atoms with Crippen LogP contribution in [0.5, 0.6) is 17.2 Å². The number of benzene rings is 3. The number of rotatable bonds is 7. The number of carbonyl (C=O) groups is 1. The van der Waals surface area contributed by atoms with Gasteiger partial charge in [0.15, 0.2) is 22.5 Å². The molecule has 0 unspecified atom stereocenters. The molecule has 172 valence electrons. The van der Waals surface area contributed by atoms with Crippen LogP contribution in [0.2, 0.25) is 0 Å². The molecule has 34 heavy (non-hydrogen) atoms. The molecule has 1 amide bonds. The number of ether oxygens (including phenoxy) is 3. The van der Waals surface area contributed by atoms with E-state index in [0.717, 1.165) is 17.0 Å². The summed E-state index contributed by atoms with van der Waals surface area (Å²) in [5.41, 5.74) is 2.45. The summed E-state index contributed by atoms with van der Waals surface area (Å²) in [4.78, 5) is 12.7. The van der Waals surface area contributed by atoms with Crippen molar-refractivity contribution in [2.24, 2.45) is 0 Å². The Labute approximate surface area is 200 Å². The zero-order chi connectivity index (χ0) is 23.3. The van der Waals surface area contributed by atoms with Gasteiger partial charge in [-0.1, -0.05) is 30.0 Å². The maximum atomic E-state index is 12.7. The zero-order valence-corrected chi connectivity index (χ0v) is 19.2. The molecule has 1 aromatic heterocycles. The van der Waals surface area contributed by atoms with E-state index in [1.54, 1.807) is 25.3 Å². The van der Waals surface area contributed by atoms with Gasteiger partial charge < -0.3 is 19.5 Å². The lowest BCUT2D eigenvalue weighted by Gasteiger charge is -2.19. The van der Waals surface area contributed by atoms with Crippen LogP contribution in [-0.2, 0) is 4.79 Å². The van der Waals surface area contributed by atoms with E-state index in [1.165, 1.54) is 11.8 Å². The average molecular weight is 475 g/mol. The third-order valence-electron chi connectivity index (χ3n) is 5.15. The monoisotopic (exact) mass is 474 g/mol. The number of nitrogens with zero attached hydrogens (tertiary/aromatic N) is 3. The maximum absolute atomic E-state index is 12.7. The van der Waals surface area contributed by atoms with Crippen molar-refractivity contribution in [3.05, 3.63) is 72.8 Å². The highest BCUT2D eigenvalue weighted by Crippen LogP contribution is 2.33. The van der Waals surface area contributed by atoms with Crippen molar-refractivity contribution >= 4 is 23.4 Å². The third kappa shape index (κ3) is 4.69.